The molecule has 9 aromatic heterocycles. The molecule has 5 saturated heterocycles. The first kappa shape index (κ1) is 73.8. The molecule has 5 aliphatic heterocycles. The Morgan fingerprint density at radius 1 is 0.457 bits per heavy atom. The Morgan fingerprint density at radius 3 is 1.34 bits per heavy atom. The minimum absolute atomic E-state index is 0.000138. The second kappa shape index (κ2) is 28.5. The smallest absolute Gasteiger partial charge is 0.394 e. The van der Waals surface area contributed by atoms with Crippen molar-refractivity contribution in [1.82, 2.24) is 87.6 Å². The largest absolute Gasteiger partial charge is 0.472 e. The number of nitrogens with two attached hydrogens (primary N) is 5. The number of fused-ring (bicyclic) bond motifs is 4. The van der Waals surface area contributed by atoms with E-state index in [-0.39, 0.29) is 73.9 Å². The molecule has 56 heteroatoms. The molecule has 0 aromatic carbocycles. The minimum atomic E-state index is -5.71. The Bertz CT molecular complexity index is 5080. The van der Waals surface area contributed by atoms with Gasteiger partial charge >= 0.3 is 37.0 Å². The van der Waals surface area contributed by atoms with Crippen LogP contribution in [0.15, 0.2) is 66.1 Å². The summed E-state index contributed by atoms with van der Waals surface area (Å²) in [6, 6.07) is 1.19. The summed E-state index contributed by atoms with van der Waals surface area (Å²) in [7, 11) is -22.4. The number of ether oxygens (including phenoxy) is 5. The SMILES string of the molecule is Nc1ccn([C@@H]2O[C@H](COP(=O)(O)O[C@H]3[C@@H](O)[C@H](n4cnc5c(N)ncnc54)O[C@@H]3COP(=O)(O)O[C@H]3C[C@H](n4cnc5c(N)ncnc54)O[C@@H]3COP(=O)(O)O[C@H]3[C@@H](O)[C@H](n4cnc5c(N)ncnc54)O[C@@H]3COP(=O)(O)O[C@H]3[C@@H](O)[C@H](n4cnc5c(=O)[nH]c(N)nc54)O[C@@H]3CO)[C@@H](O)[C@H]2O)c(=O)n1. The summed E-state index contributed by atoms with van der Waals surface area (Å²) in [5.41, 5.74) is 27.1. The zero-order valence-corrected chi connectivity index (χ0v) is 56.5. The molecule has 52 nitrogen and oxygen atoms in total. The van der Waals surface area contributed by atoms with Gasteiger partial charge in [-0.25, -0.2) is 72.9 Å². The topological polar surface area (TPSA) is 750 Å². The van der Waals surface area contributed by atoms with Crippen LogP contribution in [0.25, 0.3) is 44.7 Å². The fourth-order valence-corrected chi connectivity index (χ4v) is 16.1. The third kappa shape index (κ3) is 14.6. The third-order valence-electron chi connectivity index (χ3n) is 17.1. The average Bonchev–Trinajstić information content (AvgIpc) is 1.62. The van der Waals surface area contributed by atoms with Crippen LogP contribution in [0.1, 0.15) is 37.6 Å². The van der Waals surface area contributed by atoms with Gasteiger partial charge in [-0.2, -0.15) is 9.97 Å². The Balaban J connectivity index is 0.687. The molecule has 0 saturated carbocycles. The van der Waals surface area contributed by atoms with Crippen molar-refractivity contribution >= 4 is 105 Å². The van der Waals surface area contributed by atoms with E-state index < -0.39 is 199 Å². The van der Waals surface area contributed by atoms with Crippen molar-refractivity contribution in [2.24, 2.45) is 0 Å². The summed E-state index contributed by atoms with van der Waals surface area (Å²) < 4.78 is 135. The van der Waals surface area contributed by atoms with Gasteiger partial charge in [-0.1, -0.05) is 0 Å². The van der Waals surface area contributed by atoms with Crippen molar-refractivity contribution in [2.75, 3.05) is 61.7 Å². The quantitative estimate of drug-likeness (QED) is 0.0225. The van der Waals surface area contributed by atoms with Crippen LogP contribution in [0.3, 0.4) is 0 Å². The zero-order chi connectivity index (χ0) is 74.5. The Morgan fingerprint density at radius 2 is 0.857 bits per heavy atom. The number of aromatic nitrogens is 18. The number of imidazole rings is 4. The van der Waals surface area contributed by atoms with Crippen molar-refractivity contribution in [3.63, 3.8) is 0 Å². The average molecular weight is 1560 g/mol. The van der Waals surface area contributed by atoms with Crippen LogP contribution < -0.4 is 39.9 Å². The lowest BCUT2D eigenvalue weighted by atomic mass is 10.1. The highest BCUT2D eigenvalue weighted by atomic mass is 31.2. The lowest BCUT2D eigenvalue weighted by Gasteiger charge is -2.26. The van der Waals surface area contributed by atoms with Crippen molar-refractivity contribution < 1.29 is 128 Å². The molecule has 0 aliphatic carbocycles. The van der Waals surface area contributed by atoms with E-state index in [2.05, 4.69) is 64.8 Å². The highest BCUT2D eigenvalue weighted by Crippen LogP contribution is 2.56. The summed E-state index contributed by atoms with van der Waals surface area (Å²) in [5, 5.41) is 67.2. The number of nitrogen functional groups attached to an aromatic ring is 5. The molecule has 5 aliphatic rings. The van der Waals surface area contributed by atoms with Gasteiger partial charge in [0.25, 0.3) is 5.56 Å². The molecule has 5 fully saturated rings. The van der Waals surface area contributed by atoms with Gasteiger partial charge < -0.3 is 103 Å². The highest BCUT2D eigenvalue weighted by Gasteiger charge is 2.55. The maximum Gasteiger partial charge on any atom is 0.472 e. The number of hydrogen-bond acceptors (Lipinski definition) is 42. The van der Waals surface area contributed by atoms with E-state index >= 15 is 0 Å². The number of H-pyrrole nitrogens is 1. The minimum Gasteiger partial charge on any atom is -0.394 e. The lowest BCUT2D eigenvalue weighted by Crippen LogP contribution is -2.37. The molecular formula is C49H61N23O29P4. The van der Waals surface area contributed by atoms with E-state index in [9.17, 15) is 78.1 Å². The van der Waals surface area contributed by atoms with E-state index in [0.29, 0.717) is 0 Å². The molecule has 0 bridgehead atoms. The van der Waals surface area contributed by atoms with Crippen LogP contribution in [-0.4, -0.2) is 256 Å². The van der Waals surface area contributed by atoms with Gasteiger partial charge in [-0.05, 0) is 6.07 Å². The summed E-state index contributed by atoms with van der Waals surface area (Å²) in [4.78, 5) is 121. The Hall–Kier alpha value is -8.12. The second-order valence-corrected chi connectivity index (χ2v) is 29.4. The number of aromatic amines is 1. The number of phosphoric ester groups is 4. The van der Waals surface area contributed by atoms with Gasteiger partial charge in [0.15, 0.2) is 70.5 Å². The van der Waals surface area contributed by atoms with Crippen molar-refractivity contribution in [1.29, 1.82) is 0 Å². The van der Waals surface area contributed by atoms with E-state index in [1.807, 2.05) is 0 Å². The number of hydrogen-bond donors (Lipinski definition) is 16. The van der Waals surface area contributed by atoms with Gasteiger partial charge in [0.05, 0.1) is 58.3 Å². The van der Waals surface area contributed by atoms with E-state index in [0.717, 1.165) is 62.4 Å². The van der Waals surface area contributed by atoms with Gasteiger partial charge in [-0.3, -0.25) is 68.8 Å². The normalized spacial score (nSPS) is 31.7. The lowest BCUT2D eigenvalue weighted by molar-refractivity contribution is -0.0646. The number of aliphatic hydroxyl groups excluding tert-OH is 6. The van der Waals surface area contributed by atoms with Crippen LogP contribution in [0.2, 0.25) is 0 Å². The summed E-state index contributed by atoms with van der Waals surface area (Å²) in [5.74, 6) is -0.866. The highest BCUT2D eigenvalue weighted by molar-refractivity contribution is 7.48. The van der Waals surface area contributed by atoms with E-state index in [1.165, 1.54) is 17.0 Å². The van der Waals surface area contributed by atoms with Crippen LogP contribution in [-0.2, 0) is 78.1 Å². The van der Waals surface area contributed by atoms with Gasteiger partial charge in [0.2, 0.25) is 5.95 Å². The molecule has 0 spiro atoms. The molecule has 4 unspecified atom stereocenters. The summed E-state index contributed by atoms with van der Waals surface area (Å²) >= 11 is 0. The summed E-state index contributed by atoms with van der Waals surface area (Å²) in [6.45, 7) is -5.45. The van der Waals surface area contributed by atoms with Gasteiger partial charge in [0, 0.05) is 12.6 Å². The first-order valence-corrected chi connectivity index (χ1v) is 36.6. The molecule has 14 heterocycles. The monoisotopic (exact) mass is 1560 g/mol. The Kier molecular flexibility index (Phi) is 20.1. The molecule has 105 heavy (non-hydrogen) atoms. The summed E-state index contributed by atoms with van der Waals surface area (Å²) in [6.07, 6.45) is -26.1. The van der Waals surface area contributed by atoms with Crippen LogP contribution in [0, 0.1) is 0 Å². The predicted molar refractivity (Wildman–Crippen MR) is 339 cm³/mol. The molecule has 23 atom stereocenters. The van der Waals surface area contributed by atoms with Crippen LogP contribution in [0.4, 0.5) is 29.2 Å². The number of phosphoric acid groups is 4. The second-order valence-electron chi connectivity index (χ2n) is 23.7. The maximum absolute atomic E-state index is 14.4. The van der Waals surface area contributed by atoms with Crippen molar-refractivity contribution in [3.8, 4) is 0 Å². The molecular weight excluding hydrogens is 1500 g/mol. The predicted octanol–water partition coefficient (Wildman–Crippen LogP) is -5.51. The fraction of sp³-hybridized carbons (Fsp3) is 0.510. The first-order valence-electron chi connectivity index (χ1n) is 30.6. The number of anilines is 5. The Labute approximate surface area is 581 Å². The molecule has 566 valence electrons. The number of nitrogens with one attached hydrogen (secondary N) is 1. The third-order valence-corrected chi connectivity index (χ3v) is 21.1. The molecule has 9 aromatic rings. The zero-order valence-electron chi connectivity index (χ0n) is 52.9. The molecule has 0 radical (unpaired) electrons. The maximum atomic E-state index is 14.4. The number of aliphatic hydroxyl groups is 6. The number of rotatable bonds is 26. The van der Waals surface area contributed by atoms with Gasteiger partial charge in [0.1, 0.15) is 133 Å². The first-order chi connectivity index (χ1) is 49.9. The van der Waals surface area contributed by atoms with Crippen LogP contribution >= 0.6 is 31.3 Å². The van der Waals surface area contributed by atoms with Crippen molar-refractivity contribution in [3.05, 3.63) is 77.4 Å². The molecule has 0 amide bonds. The van der Waals surface area contributed by atoms with E-state index in [4.69, 9.17) is 88.5 Å². The number of nitrogens with zero attached hydrogens (tertiary/aromatic N) is 17. The van der Waals surface area contributed by atoms with Crippen LogP contribution in [0.5, 0.6) is 0 Å². The molecule has 21 N–H and O–H groups in total. The van der Waals surface area contributed by atoms with E-state index in [1.54, 1.807) is 0 Å². The molecule has 14 rings (SSSR count). The van der Waals surface area contributed by atoms with Gasteiger partial charge in [-0.15, -0.1) is 0 Å². The fourth-order valence-electron chi connectivity index (χ4n) is 12.2. The standard InChI is InChI=1S/C49H61N23O29P4/c50-22-1-2-68(49(80)65-22)44-29(75)28(74)19(95-44)6-90-104(85,86)101-34-20(96-45(31(34)77)70-13-62-25-37(52)56-10-59-40(25)70)7-91-102(81,82)98-16-3-23(69-12-61-24-36(51)55-9-58-39(24)69)93-18(16)5-89-103(83,84)100-35-21(97-46(32(35)78)71-14-63-26-38(53)57-11-60-41(26)71)8-92-105(87,88)99-33-17(4-73)94-47(30(33)76)72-15-64-27-42(72)66-48(54)67-43(27)79/h1-2,9-21,23,28-35,44-47,73-78H,3-8H2,(H,81,82)(H,83,84)(H,85,86)(H,87,88)(H2,50,65,80)(H2,51,55,58)(H2,52,56,59)(H2,53,57,60)(H3,54,66,67,79)/t16-,17+,18+,19+,20+,21+,23+,28+,29+,30+,31+,32+,33+,34+,35+,44+,45+,46+,47+/m0/s1. The van der Waals surface area contributed by atoms with Crippen molar-refractivity contribution in [2.45, 2.75) is 123 Å².